The molecule has 0 N–H and O–H groups in total. The molecule has 0 bridgehead atoms. The van der Waals surface area contributed by atoms with Gasteiger partial charge >= 0.3 is 5.97 Å². The summed E-state index contributed by atoms with van der Waals surface area (Å²) in [5, 5.41) is 0. The second kappa shape index (κ2) is 8.25. The van der Waals surface area contributed by atoms with Gasteiger partial charge in [0, 0.05) is 11.6 Å². The number of esters is 1. The molecule has 0 spiro atoms. The Bertz CT molecular complexity index is 464. The van der Waals surface area contributed by atoms with E-state index in [9.17, 15) is 4.79 Å². The SMILES string of the molecule is CCOc1cccc(C=CC(=O)OC(C)C)c1OCC. The lowest BCUT2D eigenvalue weighted by molar-refractivity contribution is -0.141. The molecule has 0 atom stereocenters. The maximum atomic E-state index is 11.5. The van der Waals surface area contributed by atoms with Gasteiger partial charge in [-0.05, 0) is 39.8 Å². The molecule has 1 aromatic rings. The average Bonchev–Trinajstić information content (AvgIpc) is 2.39. The minimum absolute atomic E-state index is 0.131. The Hall–Kier alpha value is -1.97. The van der Waals surface area contributed by atoms with Crippen molar-refractivity contribution in [2.75, 3.05) is 13.2 Å². The van der Waals surface area contributed by atoms with Gasteiger partial charge in [0.05, 0.1) is 19.3 Å². The summed E-state index contributed by atoms with van der Waals surface area (Å²) in [6.45, 7) is 8.53. The van der Waals surface area contributed by atoms with Gasteiger partial charge in [-0.1, -0.05) is 12.1 Å². The molecular weight excluding hydrogens is 256 g/mol. The normalized spacial score (nSPS) is 10.8. The highest BCUT2D eigenvalue weighted by Gasteiger charge is 2.09. The van der Waals surface area contributed by atoms with Crippen LogP contribution in [0, 0.1) is 0 Å². The average molecular weight is 278 g/mol. The van der Waals surface area contributed by atoms with Gasteiger partial charge in [0.25, 0.3) is 0 Å². The summed E-state index contributed by atoms with van der Waals surface area (Å²) in [5.41, 5.74) is 0.790. The highest BCUT2D eigenvalue weighted by molar-refractivity contribution is 5.88. The lowest BCUT2D eigenvalue weighted by Gasteiger charge is -2.13. The maximum Gasteiger partial charge on any atom is 0.331 e. The number of benzene rings is 1. The van der Waals surface area contributed by atoms with Crippen LogP contribution < -0.4 is 9.47 Å². The Morgan fingerprint density at radius 2 is 1.90 bits per heavy atom. The van der Waals surface area contributed by atoms with Crippen LogP contribution in [0.5, 0.6) is 11.5 Å². The van der Waals surface area contributed by atoms with Crippen molar-refractivity contribution in [3.05, 3.63) is 29.8 Å². The second-order valence-corrected chi connectivity index (χ2v) is 4.36. The molecule has 4 heteroatoms. The van der Waals surface area contributed by atoms with Crippen molar-refractivity contribution < 1.29 is 19.0 Å². The number of rotatable bonds is 7. The molecule has 110 valence electrons. The highest BCUT2D eigenvalue weighted by atomic mass is 16.5. The van der Waals surface area contributed by atoms with Gasteiger partial charge in [-0.25, -0.2) is 4.79 Å². The van der Waals surface area contributed by atoms with Crippen molar-refractivity contribution in [2.45, 2.75) is 33.8 Å². The Morgan fingerprint density at radius 1 is 1.20 bits per heavy atom. The van der Waals surface area contributed by atoms with Crippen LogP contribution in [-0.2, 0) is 9.53 Å². The molecule has 0 radical (unpaired) electrons. The molecule has 0 aliphatic rings. The molecule has 20 heavy (non-hydrogen) atoms. The van der Waals surface area contributed by atoms with E-state index in [4.69, 9.17) is 14.2 Å². The number of para-hydroxylation sites is 1. The third-order valence-electron chi connectivity index (χ3n) is 2.35. The van der Waals surface area contributed by atoms with Gasteiger partial charge < -0.3 is 14.2 Å². The van der Waals surface area contributed by atoms with Gasteiger partial charge in [0.15, 0.2) is 11.5 Å². The summed E-state index contributed by atoms with van der Waals surface area (Å²) in [6, 6.07) is 5.58. The van der Waals surface area contributed by atoms with Crippen LogP contribution in [0.4, 0.5) is 0 Å². The lowest BCUT2D eigenvalue weighted by atomic mass is 10.1. The molecular formula is C16H22O4. The Labute approximate surface area is 120 Å². The number of carbonyl (C=O) groups is 1. The summed E-state index contributed by atoms with van der Waals surface area (Å²) in [6.07, 6.45) is 2.94. The second-order valence-electron chi connectivity index (χ2n) is 4.36. The Kier molecular flexibility index (Phi) is 6.64. The Morgan fingerprint density at radius 3 is 2.50 bits per heavy atom. The third kappa shape index (κ3) is 4.96. The van der Waals surface area contributed by atoms with Crippen LogP contribution in [0.25, 0.3) is 6.08 Å². The number of hydrogen-bond acceptors (Lipinski definition) is 4. The van der Waals surface area contributed by atoms with E-state index in [-0.39, 0.29) is 12.1 Å². The minimum Gasteiger partial charge on any atom is -0.490 e. The summed E-state index contributed by atoms with van der Waals surface area (Å²) < 4.78 is 16.2. The predicted molar refractivity (Wildman–Crippen MR) is 79.0 cm³/mol. The molecule has 0 aliphatic heterocycles. The van der Waals surface area contributed by atoms with Crippen molar-refractivity contribution in [3.8, 4) is 11.5 Å². The first kappa shape index (κ1) is 16.1. The molecule has 1 rings (SSSR count). The van der Waals surface area contributed by atoms with Crippen molar-refractivity contribution in [2.24, 2.45) is 0 Å². The smallest absolute Gasteiger partial charge is 0.331 e. The van der Waals surface area contributed by atoms with E-state index in [1.165, 1.54) is 6.08 Å². The Balaban J connectivity index is 2.95. The first-order chi connectivity index (χ1) is 9.58. The van der Waals surface area contributed by atoms with E-state index < -0.39 is 0 Å². The monoisotopic (exact) mass is 278 g/mol. The zero-order valence-corrected chi connectivity index (χ0v) is 12.5. The fourth-order valence-electron chi connectivity index (χ4n) is 1.66. The van der Waals surface area contributed by atoms with E-state index >= 15 is 0 Å². The molecule has 0 aromatic heterocycles. The van der Waals surface area contributed by atoms with Crippen LogP contribution in [0.15, 0.2) is 24.3 Å². The van der Waals surface area contributed by atoms with Gasteiger partial charge in [-0.15, -0.1) is 0 Å². The standard InChI is InChI=1S/C16H22O4/c1-5-18-14-9-7-8-13(16(14)19-6-2)10-11-15(17)20-12(3)4/h7-12H,5-6H2,1-4H3. The third-order valence-corrected chi connectivity index (χ3v) is 2.35. The first-order valence-electron chi connectivity index (χ1n) is 6.85. The van der Waals surface area contributed by atoms with E-state index in [0.29, 0.717) is 24.7 Å². The zero-order chi connectivity index (χ0) is 15.0. The summed E-state index contributed by atoms with van der Waals surface area (Å²) in [5.74, 6) is 0.948. The van der Waals surface area contributed by atoms with E-state index in [0.717, 1.165) is 5.56 Å². The molecule has 0 saturated carbocycles. The fraction of sp³-hybridized carbons (Fsp3) is 0.438. The first-order valence-corrected chi connectivity index (χ1v) is 6.85. The minimum atomic E-state index is -0.371. The summed E-state index contributed by atoms with van der Waals surface area (Å²) in [7, 11) is 0. The van der Waals surface area contributed by atoms with Crippen molar-refractivity contribution >= 4 is 12.0 Å². The number of ether oxygens (including phenoxy) is 3. The van der Waals surface area contributed by atoms with Crippen molar-refractivity contribution in [1.82, 2.24) is 0 Å². The number of carbonyl (C=O) groups excluding carboxylic acids is 1. The molecule has 0 unspecified atom stereocenters. The van der Waals surface area contributed by atoms with Crippen molar-refractivity contribution in [1.29, 1.82) is 0 Å². The van der Waals surface area contributed by atoms with Gasteiger partial charge in [0.2, 0.25) is 0 Å². The summed E-state index contributed by atoms with van der Waals surface area (Å²) >= 11 is 0. The molecule has 0 aliphatic carbocycles. The maximum absolute atomic E-state index is 11.5. The van der Waals surface area contributed by atoms with Crippen LogP contribution in [0.3, 0.4) is 0 Å². The molecule has 1 aromatic carbocycles. The number of hydrogen-bond donors (Lipinski definition) is 0. The van der Waals surface area contributed by atoms with E-state index in [2.05, 4.69) is 0 Å². The molecule has 0 heterocycles. The fourth-order valence-corrected chi connectivity index (χ4v) is 1.66. The van der Waals surface area contributed by atoms with Crippen molar-refractivity contribution in [3.63, 3.8) is 0 Å². The molecule has 4 nitrogen and oxygen atoms in total. The molecule has 0 saturated heterocycles. The largest absolute Gasteiger partial charge is 0.490 e. The van der Waals surface area contributed by atoms with Crippen LogP contribution in [0.2, 0.25) is 0 Å². The quantitative estimate of drug-likeness (QED) is 0.566. The van der Waals surface area contributed by atoms with Gasteiger partial charge in [-0.3, -0.25) is 0 Å². The zero-order valence-electron chi connectivity index (χ0n) is 12.5. The molecule has 0 amide bonds. The van der Waals surface area contributed by atoms with Gasteiger partial charge in [-0.2, -0.15) is 0 Å². The predicted octanol–water partition coefficient (Wildman–Crippen LogP) is 3.45. The summed E-state index contributed by atoms with van der Waals surface area (Å²) in [4.78, 5) is 11.5. The van der Waals surface area contributed by atoms with E-state index in [1.54, 1.807) is 6.08 Å². The van der Waals surface area contributed by atoms with Crippen LogP contribution in [0.1, 0.15) is 33.3 Å². The van der Waals surface area contributed by atoms with Crippen LogP contribution >= 0.6 is 0 Å². The van der Waals surface area contributed by atoms with E-state index in [1.807, 2.05) is 45.9 Å². The van der Waals surface area contributed by atoms with Crippen LogP contribution in [-0.4, -0.2) is 25.3 Å². The molecule has 0 fully saturated rings. The topological polar surface area (TPSA) is 44.8 Å². The van der Waals surface area contributed by atoms with Gasteiger partial charge in [0.1, 0.15) is 0 Å². The lowest BCUT2D eigenvalue weighted by Crippen LogP contribution is -2.08. The highest BCUT2D eigenvalue weighted by Crippen LogP contribution is 2.32.